The Kier molecular flexibility index (Phi) is 4.83. The molecule has 4 nitrogen and oxygen atoms in total. The van der Waals surface area contributed by atoms with Gasteiger partial charge in [-0.25, -0.2) is 0 Å². The van der Waals surface area contributed by atoms with Crippen molar-refractivity contribution in [2.24, 2.45) is 0 Å². The fraction of sp³-hybridized carbons (Fsp3) is 0.467. The normalized spacial score (nSPS) is 18.1. The predicted octanol–water partition coefficient (Wildman–Crippen LogP) is 2.49. The number of amides is 1. The number of ketones is 1. The summed E-state index contributed by atoms with van der Waals surface area (Å²) in [6.07, 6.45) is 1.19. The van der Waals surface area contributed by atoms with Crippen molar-refractivity contribution in [2.45, 2.75) is 36.8 Å². The van der Waals surface area contributed by atoms with E-state index in [1.54, 1.807) is 11.0 Å². The molecule has 1 aliphatic heterocycles. The van der Waals surface area contributed by atoms with E-state index in [9.17, 15) is 14.7 Å². The molecule has 1 amide bonds. The molecule has 0 bridgehead atoms. The molecular formula is C15H19NO3S. The van der Waals surface area contributed by atoms with Gasteiger partial charge < -0.3 is 10.0 Å². The van der Waals surface area contributed by atoms with Gasteiger partial charge in [0.1, 0.15) is 0 Å². The fourth-order valence-electron chi connectivity index (χ4n) is 2.29. The third-order valence-corrected chi connectivity index (χ3v) is 4.82. The Morgan fingerprint density at radius 3 is 2.75 bits per heavy atom. The lowest BCUT2D eigenvalue weighted by atomic mass is 10.1. The molecule has 1 aromatic carbocycles. The Hall–Kier alpha value is -1.33. The van der Waals surface area contributed by atoms with Gasteiger partial charge in [-0.15, -0.1) is 11.8 Å². The fourth-order valence-corrected chi connectivity index (χ4v) is 3.43. The minimum Gasteiger partial charge on any atom is -0.395 e. The molecule has 0 aromatic heterocycles. The van der Waals surface area contributed by atoms with Crippen LogP contribution in [0.25, 0.3) is 0 Å². The number of aliphatic hydroxyl groups excluding tert-OH is 1. The lowest BCUT2D eigenvalue weighted by molar-refractivity contribution is -0.118. The lowest BCUT2D eigenvalue weighted by Gasteiger charge is -2.33. The molecule has 2 rings (SSSR count). The number of aliphatic hydroxyl groups is 1. The largest absolute Gasteiger partial charge is 0.395 e. The van der Waals surface area contributed by atoms with E-state index in [4.69, 9.17) is 0 Å². The Labute approximate surface area is 123 Å². The first kappa shape index (κ1) is 15.1. The highest BCUT2D eigenvalue weighted by molar-refractivity contribution is 8.01. The zero-order valence-electron chi connectivity index (χ0n) is 11.8. The summed E-state index contributed by atoms with van der Waals surface area (Å²) in [4.78, 5) is 26.8. The number of Topliss-reactive ketones (excluding diaryl/α,β-unsaturated/α-hetero) is 1. The molecule has 1 heterocycles. The van der Waals surface area contributed by atoms with Gasteiger partial charge in [0, 0.05) is 23.4 Å². The minimum absolute atomic E-state index is 0.0140. The van der Waals surface area contributed by atoms with E-state index in [1.165, 1.54) is 11.8 Å². The van der Waals surface area contributed by atoms with Crippen LogP contribution in [0.15, 0.2) is 23.1 Å². The van der Waals surface area contributed by atoms with Crippen LogP contribution in [-0.2, 0) is 4.79 Å². The smallest absolute Gasteiger partial charge is 0.240 e. The molecule has 1 N–H and O–H groups in total. The van der Waals surface area contributed by atoms with Gasteiger partial charge in [0.25, 0.3) is 0 Å². The van der Waals surface area contributed by atoms with Crippen LogP contribution < -0.4 is 4.90 Å². The van der Waals surface area contributed by atoms with Crippen LogP contribution in [0.1, 0.15) is 37.0 Å². The Bertz CT molecular complexity index is 530. The van der Waals surface area contributed by atoms with Crippen LogP contribution >= 0.6 is 11.8 Å². The number of benzene rings is 1. The van der Waals surface area contributed by atoms with Crippen molar-refractivity contribution in [2.75, 3.05) is 18.1 Å². The molecule has 0 radical (unpaired) electrons. The Morgan fingerprint density at radius 2 is 2.15 bits per heavy atom. The summed E-state index contributed by atoms with van der Waals surface area (Å²) in [5, 5.41) is 9.07. The summed E-state index contributed by atoms with van der Waals surface area (Å²) in [7, 11) is 0. The first-order chi connectivity index (χ1) is 9.62. The number of carbonyl (C=O) groups is 2. The molecule has 108 valence electrons. The molecule has 0 saturated carbocycles. The summed E-state index contributed by atoms with van der Waals surface area (Å²) in [6, 6.07) is 5.49. The maximum Gasteiger partial charge on any atom is 0.240 e. The van der Waals surface area contributed by atoms with Crippen molar-refractivity contribution in [1.29, 1.82) is 0 Å². The molecule has 0 fully saturated rings. The molecule has 20 heavy (non-hydrogen) atoms. The molecule has 5 heteroatoms. The maximum absolute atomic E-state index is 12.4. The zero-order chi connectivity index (χ0) is 14.7. The molecule has 0 aliphatic carbocycles. The molecule has 0 saturated heterocycles. The summed E-state index contributed by atoms with van der Waals surface area (Å²) < 4.78 is 0. The van der Waals surface area contributed by atoms with Gasteiger partial charge in [-0.2, -0.15) is 0 Å². The molecule has 1 aliphatic rings. The second-order valence-electron chi connectivity index (χ2n) is 4.69. The van der Waals surface area contributed by atoms with E-state index in [1.807, 2.05) is 26.0 Å². The number of nitrogens with zero attached hydrogens (tertiary/aromatic N) is 1. The Morgan fingerprint density at radius 1 is 1.40 bits per heavy atom. The quantitative estimate of drug-likeness (QED) is 0.847. The second kappa shape index (κ2) is 6.41. The van der Waals surface area contributed by atoms with E-state index < -0.39 is 0 Å². The van der Waals surface area contributed by atoms with Crippen LogP contribution in [0.5, 0.6) is 0 Å². The first-order valence-corrected chi connectivity index (χ1v) is 7.76. The van der Waals surface area contributed by atoms with Crippen molar-refractivity contribution in [1.82, 2.24) is 0 Å². The maximum atomic E-state index is 12.4. The van der Waals surface area contributed by atoms with E-state index in [2.05, 4.69) is 0 Å². The number of anilines is 1. The minimum atomic E-state index is -0.109. The van der Waals surface area contributed by atoms with E-state index in [0.29, 0.717) is 12.0 Å². The number of fused-ring (bicyclic) bond motifs is 1. The van der Waals surface area contributed by atoms with Gasteiger partial charge in [-0.1, -0.05) is 19.9 Å². The van der Waals surface area contributed by atoms with Gasteiger partial charge in [-0.3, -0.25) is 9.59 Å². The highest BCUT2D eigenvalue weighted by Crippen LogP contribution is 2.40. The van der Waals surface area contributed by atoms with E-state index in [0.717, 1.165) is 17.0 Å². The molecule has 1 atom stereocenters. The average Bonchev–Trinajstić information content (AvgIpc) is 2.48. The summed E-state index contributed by atoms with van der Waals surface area (Å²) in [6.45, 7) is 3.98. The number of hydrogen-bond acceptors (Lipinski definition) is 4. The van der Waals surface area contributed by atoms with Gasteiger partial charge in [0.15, 0.2) is 5.78 Å². The number of thioether (sulfide) groups is 1. The first-order valence-electron chi connectivity index (χ1n) is 6.88. The number of hydrogen-bond donors (Lipinski definition) is 1. The van der Waals surface area contributed by atoms with Crippen LogP contribution in [0.3, 0.4) is 0 Å². The van der Waals surface area contributed by atoms with Gasteiger partial charge in [-0.05, 0) is 18.6 Å². The van der Waals surface area contributed by atoms with Gasteiger partial charge in [0.2, 0.25) is 5.91 Å². The topological polar surface area (TPSA) is 57.6 Å². The van der Waals surface area contributed by atoms with Crippen molar-refractivity contribution >= 4 is 29.1 Å². The van der Waals surface area contributed by atoms with Crippen molar-refractivity contribution in [3.8, 4) is 0 Å². The van der Waals surface area contributed by atoms with Crippen molar-refractivity contribution < 1.29 is 14.7 Å². The summed E-state index contributed by atoms with van der Waals surface area (Å²) >= 11 is 1.54. The molecule has 1 unspecified atom stereocenters. The summed E-state index contributed by atoms with van der Waals surface area (Å²) in [5.41, 5.74) is 1.37. The third kappa shape index (κ3) is 2.74. The average molecular weight is 293 g/mol. The van der Waals surface area contributed by atoms with Gasteiger partial charge >= 0.3 is 0 Å². The molecule has 0 spiro atoms. The highest BCUT2D eigenvalue weighted by atomic mass is 32.2. The molecule has 1 aromatic rings. The third-order valence-electron chi connectivity index (χ3n) is 3.40. The predicted molar refractivity (Wildman–Crippen MR) is 80.4 cm³/mol. The second-order valence-corrected chi connectivity index (χ2v) is 5.93. The zero-order valence-corrected chi connectivity index (χ0v) is 12.6. The van der Waals surface area contributed by atoms with E-state index >= 15 is 0 Å². The van der Waals surface area contributed by atoms with Crippen LogP contribution in [0, 0.1) is 0 Å². The van der Waals surface area contributed by atoms with Crippen LogP contribution in [0.2, 0.25) is 0 Å². The number of rotatable bonds is 5. The lowest BCUT2D eigenvalue weighted by Crippen LogP contribution is -2.42. The van der Waals surface area contributed by atoms with Gasteiger partial charge in [0.05, 0.1) is 17.5 Å². The van der Waals surface area contributed by atoms with Crippen LogP contribution in [0.4, 0.5) is 5.69 Å². The summed E-state index contributed by atoms with van der Waals surface area (Å²) in [5.74, 6) is 0.0759. The number of carbonyl (C=O) groups excluding carboxylic acids is 2. The molecular weight excluding hydrogens is 274 g/mol. The Balaban J connectivity index is 2.44. The highest BCUT2D eigenvalue weighted by Gasteiger charge is 2.32. The van der Waals surface area contributed by atoms with Crippen LogP contribution in [-0.4, -0.2) is 35.2 Å². The van der Waals surface area contributed by atoms with Crippen molar-refractivity contribution in [3.63, 3.8) is 0 Å². The SMILES string of the molecule is CCC(=O)c1ccc2c(c1)N(CCO)C(=O)C(CC)S2. The monoisotopic (exact) mass is 293 g/mol. The van der Waals surface area contributed by atoms with Crippen molar-refractivity contribution in [3.05, 3.63) is 23.8 Å². The standard InChI is InChI=1S/C15H19NO3S/c1-3-12(18)10-5-6-14-11(9-10)16(7-8-17)15(19)13(4-2)20-14/h5-6,9,13,17H,3-4,7-8H2,1-2H3. The number of β-amino-alcohol motifs (C(OH)–C–C–N with tert-alkyl or cyclic N) is 1. The van der Waals surface area contributed by atoms with E-state index in [-0.39, 0.29) is 30.1 Å².